The summed E-state index contributed by atoms with van der Waals surface area (Å²) in [5, 5.41) is -1.39. The van der Waals surface area contributed by atoms with Crippen molar-refractivity contribution in [3.8, 4) is 0 Å². The smallest absolute Gasteiger partial charge is 0.448 e. The SMILES string of the molecule is F[B-](F)(F)[C@@]12COCCC[C@@H]1C2.[K+]. The Morgan fingerprint density at radius 1 is 1.31 bits per heavy atom. The number of hydrogen-bond acceptors (Lipinski definition) is 1. The molecular formula is C7H11BF3KO. The van der Waals surface area contributed by atoms with Crippen LogP contribution in [0.5, 0.6) is 0 Å². The molecule has 0 bridgehead atoms. The van der Waals surface area contributed by atoms with Gasteiger partial charge in [-0.05, 0) is 11.7 Å². The van der Waals surface area contributed by atoms with Gasteiger partial charge in [0, 0.05) is 13.2 Å². The van der Waals surface area contributed by atoms with E-state index in [-0.39, 0.29) is 63.9 Å². The van der Waals surface area contributed by atoms with Gasteiger partial charge >= 0.3 is 58.4 Å². The molecule has 1 aliphatic heterocycles. The quantitative estimate of drug-likeness (QED) is 0.534. The predicted octanol–water partition coefficient (Wildman–Crippen LogP) is -0.592. The molecule has 0 aromatic rings. The maximum Gasteiger partial charge on any atom is 1.00 e. The Labute approximate surface area is 118 Å². The first kappa shape index (κ1) is 12.5. The van der Waals surface area contributed by atoms with Gasteiger partial charge in [-0.2, -0.15) is 0 Å². The monoisotopic (exact) mass is 218 g/mol. The van der Waals surface area contributed by atoms with Crippen molar-refractivity contribution in [2.45, 2.75) is 24.6 Å². The summed E-state index contributed by atoms with van der Waals surface area (Å²) in [7, 11) is 0. The van der Waals surface area contributed by atoms with Crippen molar-refractivity contribution >= 4 is 6.98 Å². The van der Waals surface area contributed by atoms with Crippen LogP contribution in [0.25, 0.3) is 0 Å². The molecule has 70 valence electrons. The average Bonchev–Trinajstić information content (AvgIpc) is 2.55. The van der Waals surface area contributed by atoms with Crippen LogP contribution in [-0.4, -0.2) is 20.2 Å². The molecule has 0 N–H and O–H groups in total. The summed E-state index contributed by atoms with van der Waals surface area (Å²) in [5.41, 5.74) is 0. The summed E-state index contributed by atoms with van der Waals surface area (Å²) >= 11 is 0. The summed E-state index contributed by atoms with van der Waals surface area (Å²) in [4.78, 5) is 0. The zero-order chi connectivity index (χ0) is 8.82. The molecule has 1 saturated carbocycles. The second-order valence-electron chi connectivity index (χ2n) is 3.90. The topological polar surface area (TPSA) is 9.23 Å². The fourth-order valence-electron chi connectivity index (χ4n) is 2.16. The minimum absolute atomic E-state index is 0. The summed E-state index contributed by atoms with van der Waals surface area (Å²) in [6.07, 6.45) is 1.80. The molecule has 0 radical (unpaired) electrons. The third-order valence-corrected chi connectivity index (χ3v) is 3.14. The van der Waals surface area contributed by atoms with E-state index in [1.807, 2.05) is 0 Å². The van der Waals surface area contributed by atoms with E-state index >= 15 is 0 Å². The summed E-state index contributed by atoms with van der Waals surface area (Å²) in [5.74, 6) is -0.125. The number of fused-ring (bicyclic) bond motifs is 1. The number of rotatable bonds is 1. The molecule has 1 aliphatic carbocycles. The van der Waals surface area contributed by atoms with Gasteiger partial charge in [0.1, 0.15) is 0 Å². The van der Waals surface area contributed by atoms with E-state index in [4.69, 9.17) is 4.74 Å². The molecule has 0 unspecified atom stereocenters. The molecule has 1 nitrogen and oxygen atoms in total. The van der Waals surface area contributed by atoms with Crippen LogP contribution in [0.3, 0.4) is 0 Å². The van der Waals surface area contributed by atoms with Crippen molar-refractivity contribution in [1.82, 2.24) is 0 Å². The molecule has 2 aliphatic rings. The van der Waals surface area contributed by atoms with Crippen LogP contribution in [0.1, 0.15) is 19.3 Å². The van der Waals surface area contributed by atoms with Crippen molar-refractivity contribution in [2.75, 3.05) is 13.2 Å². The van der Waals surface area contributed by atoms with Crippen LogP contribution in [0.15, 0.2) is 0 Å². The Hall–Kier alpha value is 1.45. The summed E-state index contributed by atoms with van der Waals surface area (Å²) in [6, 6.07) is 0. The van der Waals surface area contributed by atoms with E-state index in [2.05, 4.69) is 0 Å². The van der Waals surface area contributed by atoms with Gasteiger partial charge in [0.2, 0.25) is 0 Å². The normalized spacial score (nSPS) is 38.5. The first-order chi connectivity index (χ1) is 5.56. The minimum atomic E-state index is -4.69. The van der Waals surface area contributed by atoms with E-state index in [9.17, 15) is 12.9 Å². The van der Waals surface area contributed by atoms with Gasteiger partial charge in [-0.25, -0.2) is 0 Å². The molecule has 2 atom stereocenters. The van der Waals surface area contributed by atoms with Gasteiger partial charge in [-0.1, -0.05) is 18.8 Å². The molecule has 13 heavy (non-hydrogen) atoms. The molecule has 1 heterocycles. The van der Waals surface area contributed by atoms with Crippen LogP contribution in [0.4, 0.5) is 12.9 Å². The molecular weight excluding hydrogens is 207 g/mol. The fourth-order valence-corrected chi connectivity index (χ4v) is 2.16. The second-order valence-corrected chi connectivity index (χ2v) is 3.90. The van der Waals surface area contributed by atoms with E-state index in [1.54, 1.807) is 0 Å². The van der Waals surface area contributed by atoms with Crippen LogP contribution in [-0.2, 0) is 4.74 Å². The molecule has 6 heteroatoms. The molecule has 2 rings (SSSR count). The zero-order valence-corrected chi connectivity index (χ0v) is 10.9. The number of ether oxygens (including phenoxy) is 1. The van der Waals surface area contributed by atoms with Crippen molar-refractivity contribution in [2.24, 2.45) is 5.92 Å². The summed E-state index contributed by atoms with van der Waals surface area (Å²) in [6.45, 7) is -4.27. The molecule has 0 amide bonds. The van der Waals surface area contributed by atoms with Crippen LogP contribution in [0.2, 0.25) is 5.31 Å². The van der Waals surface area contributed by atoms with Crippen molar-refractivity contribution in [3.05, 3.63) is 0 Å². The molecule has 0 aromatic carbocycles. The number of hydrogen-bond donors (Lipinski definition) is 0. The summed E-state index contributed by atoms with van der Waals surface area (Å²) < 4.78 is 42.6. The average molecular weight is 218 g/mol. The third-order valence-electron chi connectivity index (χ3n) is 3.14. The third kappa shape index (κ3) is 2.18. The Bertz CT molecular complexity index is 199. The second kappa shape index (κ2) is 4.14. The van der Waals surface area contributed by atoms with Crippen LogP contribution in [0, 0.1) is 5.92 Å². The fraction of sp³-hybridized carbons (Fsp3) is 1.00. The van der Waals surface area contributed by atoms with Gasteiger partial charge in [0.25, 0.3) is 0 Å². The standard InChI is InChI=1S/C7H11BF3O.K/c9-8(10,11)7-4-6(7)2-1-3-12-5-7;/h6H,1-5H2;/q-1;+1/t6-,7+;/m1./s1. The molecule has 0 spiro atoms. The maximum absolute atomic E-state index is 12.5. The zero-order valence-electron chi connectivity index (χ0n) is 7.73. The van der Waals surface area contributed by atoms with E-state index < -0.39 is 12.3 Å². The Morgan fingerprint density at radius 2 is 2.00 bits per heavy atom. The van der Waals surface area contributed by atoms with Crippen LogP contribution >= 0.6 is 0 Å². The minimum Gasteiger partial charge on any atom is -0.448 e. The van der Waals surface area contributed by atoms with E-state index in [1.165, 1.54) is 0 Å². The van der Waals surface area contributed by atoms with Gasteiger partial charge in [0.15, 0.2) is 0 Å². The van der Waals surface area contributed by atoms with Crippen molar-refractivity contribution in [3.63, 3.8) is 0 Å². The number of halogens is 3. The maximum atomic E-state index is 12.5. The molecule has 0 aromatic heterocycles. The Kier molecular flexibility index (Phi) is 3.98. The van der Waals surface area contributed by atoms with Gasteiger partial charge in [-0.15, -0.1) is 0 Å². The molecule has 1 saturated heterocycles. The molecule has 2 fully saturated rings. The van der Waals surface area contributed by atoms with Gasteiger partial charge in [0.05, 0.1) is 0 Å². The first-order valence-corrected chi connectivity index (χ1v) is 4.33. The van der Waals surface area contributed by atoms with E-state index in [0.717, 1.165) is 6.42 Å². The van der Waals surface area contributed by atoms with E-state index in [0.29, 0.717) is 19.4 Å². The van der Waals surface area contributed by atoms with Gasteiger partial charge in [-0.3, -0.25) is 0 Å². The largest absolute Gasteiger partial charge is 1.00 e. The predicted molar refractivity (Wildman–Crippen MR) is 39.9 cm³/mol. The van der Waals surface area contributed by atoms with Crippen molar-refractivity contribution < 1.29 is 69.1 Å². The van der Waals surface area contributed by atoms with Gasteiger partial charge < -0.3 is 17.7 Å². The Morgan fingerprint density at radius 3 is 2.62 bits per heavy atom. The van der Waals surface area contributed by atoms with Crippen molar-refractivity contribution in [1.29, 1.82) is 0 Å². The Balaban J connectivity index is 0.000000845. The first-order valence-electron chi connectivity index (χ1n) is 4.33. The van der Waals surface area contributed by atoms with Crippen LogP contribution < -0.4 is 51.4 Å².